The van der Waals surface area contributed by atoms with Crippen LogP contribution in [0.15, 0.2) is 54.9 Å². The molecule has 14 heavy (non-hydrogen) atoms. The second-order valence-corrected chi connectivity index (χ2v) is 3.10. The van der Waals surface area contributed by atoms with E-state index < -0.39 is 6.10 Å². The van der Waals surface area contributed by atoms with Gasteiger partial charge in [-0.05, 0) is 11.6 Å². The van der Waals surface area contributed by atoms with Crippen molar-refractivity contribution in [3.8, 4) is 0 Å². The molecule has 70 valence electrons. The van der Waals surface area contributed by atoms with Crippen molar-refractivity contribution in [2.45, 2.75) is 6.10 Å². The van der Waals surface area contributed by atoms with Gasteiger partial charge in [-0.15, -0.1) is 0 Å². The lowest BCUT2D eigenvalue weighted by Gasteiger charge is -2.09. The number of rotatable bonds is 2. The van der Waals surface area contributed by atoms with E-state index in [1.165, 1.54) is 0 Å². The van der Waals surface area contributed by atoms with Crippen LogP contribution >= 0.6 is 0 Å². The van der Waals surface area contributed by atoms with Crippen molar-refractivity contribution in [3.05, 3.63) is 66.0 Å². The van der Waals surface area contributed by atoms with Crippen molar-refractivity contribution in [1.82, 2.24) is 4.98 Å². The second kappa shape index (κ2) is 4.03. The molecule has 1 aromatic carbocycles. The van der Waals surface area contributed by atoms with Gasteiger partial charge in [0, 0.05) is 18.0 Å². The Hall–Kier alpha value is -1.67. The standard InChI is InChI=1S/C12H11NO/c14-12(10-5-2-1-3-6-10)11-7-4-8-13-9-11/h1-9,12,14H/t12-/m0/s1. The number of nitrogens with zero attached hydrogens (tertiary/aromatic N) is 1. The van der Waals surface area contributed by atoms with Crippen molar-refractivity contribution in [3.63, 3.8) is 0 Å². The summed E-state index contributed by atoms with van der Waals surface area (Å²) in [7, 11) is 0. The van der Waals surface area contributed by atoms with Crippen LogP contribution in [0, 0.1) is 0 Å². The highest BCUT2D eigenvalue weighted by Crippen LogP contribution is 2.19. The van der Waals surface area contributed by atoms with Gasteiger partial charge in [0.15, 0.2) is 0 Å². The maximum atomic E-state index is 9.95. The summed E-state index contributed by atoms with van der Waals surface area (Å²) in [4.78, 5) is 3.97. The van der Waals surface area contributed by atoms with Crippen molar-refractivity contribution < 1.29 is 5.11 Å². The minimum absolute atomic E-state index is 0.579. The fourth-order valence-electron chi connectivity index (χ4n) is 1.37. The lowest BCUT2D eigenvalue weighted by atomic mass is 10.0. The van der Waals surface area contributed by atoms with Gasteiger partial charge in [0.1, 0.15) is 6.10 Å². The number of hydrogen-bond donors (Lipinski definition) is 1. The van der Waals surface area contributed by atoms with E-state index in [-0.39, 0.29) is 0 Å². The molecule has 0 radical (unpaired) electrons. The molecule has 0 spiro atoms. The molecule has 2 heteroatoms. The first-order valence-electron chi connectivity index (χ1n) is 4.51. The molecule has 0 fully saturated rings. The molecule has 1 N–H and O–H groups in total. The normalized spacial score (nSPS) is 12.4. The Morgan fingerprint density at radius 3 is 2.29 bits per heavy atom. The Bertz CT molecular complexity index is 346. The minimum Gasteiger partial charge on any atom is -0.384 e. The van der Waals surface area contributed by atoms with E-state index in [9.17, 15) is 5.11 Å². The quantitative estimate of drug-likeness (QED) is 0.777. The third kappa shape index (κ3) is 1.80. The summed E-state index contributed by atoms with van der Waals surface area (Å²) >= 11 is 0. The average molecular weight is 185 g/mol. The molecule has 2 aromatic rings. The molecule has 1 aromatic heterocycles. The maximum Gasteiger partial charge on any atom is 0.106 e. The Morgan fingerprint density at radius 2 is 1.64 bits per heavy atom. The van der Waals surface area contributed by atoms with Crippen molar-refractivity contribution in [2.24, 2.45) is 0 Å². The van der Waals surface area contributed by atoms with Crippen LogP contribution in [0.5, 0.6) is 0 Å². The first kappa shape index (κ1) is 8.91. The Morgan fingerprint density at radius 1 is 0.929 bits per heavy atom. The van der Waals surface area contributed by atoms with E-state index in [0.717, 1.165) is 11.1 Å². The van der Waals surface area contributed by atoms with E-state index in [0.29, 0.717) is 0 Å². The van der Waals surface area contributed by atoms with Crippen LogP contribution in [-0.2, 0) is 0 Å². The summed E-state index contributed by atoms with van der Waals surface area (Å²) in [5, 5.41) is 9.95. The molecule has 0 saturated heterocycles. The molecule has 1 atom stereocenters. The summed E-state index contributed by atoms with van der Waals surface area (Å²) in [6, 6.07) is 13.2. The van der Waals surface area contributed by atoms with Gasteiger partial charge in [-0.25, -0.2) is 0 Å². The van der Waals surface area contributed by atoms with Gasteiger partial charge in [0.05, 0.1) is 0 Å². The lowest BCUT2D eigenvalue weighted by Crippen LogP contribution is -1.99. The van der Waals surface area contributed by atoms with Crippen LogP contribution < -0.4 is 0 Å². The zero-order valence-corrected chi connectivity index (χ0v) is 7.67. The van der Waals surface area contributed by atoms with Gasteiger partial charge < -0.3 is 5.11 Å². The maximum absolute atomic E-state index is 9.95. The number of aliphatic hydroxyl groups is 1. The highest BCUT2D eigenvalue weighted by Gasteiger charge is 2.08. The summed E-state index contributed by atoms with van der Waals surface area (Å²) in [6.07, 6.45) is 2.80. The topological polar surface area (TPSA) is 33.1 Å². The fourth-order valence-corrected chi connectivity index (χ4v) is 1.37. The van der Waals surface area contributed by atoms with E-state index in [2.05, 4.69) is 4.98 Å². The van der Waals surface area contributed by atoms with E-state index >= 15 is 0 Å². The first-order valence-corrected chi connectivity index (χ1v) is 4.51. The first-order chi connectivity index (χ1) is 6.88. The molecule has 0 saturated carbocycles. The van der Waals surface area contributed by atoms with Crippen molar-refractivity contribution in [1.29, 1.82) is 0 Å². The number of aromatic nitrogens is 1. The molecule has 0 aliphatic heterocycles. The molecule has 0 aliphatic rings. The fraction of sp³-hybridized carbons (Fsp3) is 0.0833. The van der Waals surface area contributed by atoms with E-state index in [4.69, 9.17) is 0 Å². The second-order valence-electron chi connectivity index (χ2n) is 3.10. The molecule has 2 rings (SSSR count). The zero-order chi connectivity index (χ0) is 9.80. The molecule has 0 aliphatic carbocycles. The van der Waals surface area contributed by atoms with Crippen molar-refractivity contribution in [2.75, 3.05) is 0 Å². The van der Waals surface area contributed by atoms with Crippen LogP contribution in [0.4, 0.5) is 0 Å². The molecule has 2 nitrogen and oxygen atoms in total. The molecule has 1 heterocycles. The molecular formula is C12H11NO. The lowest BCUT2D eigenvalue weighted by molar-refractivity contribution is 0.220. The van der Waals surface area contributed by atoms with Crippen LogP contribution in [0.3, 0.4) is 0 Å². The third-order valence-electron chi connectivity index (χ3n) is 2.12. The minimum atomic E-state index is -0.579. The Balaban J connectivity index is 2.30. The van der Waals surface area contributed by atoms with Gasteiger partial charge in [0.25, 0.3) is 0 Å². The van der Waals surface area contributed by atoms with Crippen LogP contribution in [0.1, 0.15) is 17.2 Å². The van der Waals surface area contributed by atoms with Crippen LogP contribution in [-0.4, -0.2) is 10.1 Å². The number of aliphatic hydroxyl groups excluding tert-OH is 1. The Labute approximate surface area is 82.9 Å². The summed E-state index contributed by atoms with van der Waals surface area (Å²) in [5.41, 5.74) is 1.71. The predicted octanol–water partition coefficient (Wildman–Crippen LogP) is 2.16. The van der Waals surface area contributed by atoms with Crippen LogP contribution in [0.2, 0.25) is 0 Å². The highest BCUT2D eigenvalue weighted by molar-refractivity contribution is 5.27. The number of pyridine rings is 1. The Kier molecular flexibility index (Phi) is 2.56. The van der Waals surface area contributed by atoms with Gasteiger partial charge in [-0.3, -0.25) is 4.98 Å². The molecule has 0 bridgehead atoms. The van der Waals surface area contributed by atoms with Crippen LogP contribution in [0.25, 0.3) is 0 Å². The van der Waals surface area contributed by atoms with E-state index in [1.54, 1.807) is 12.4 Å². The number of benzene rings is 1. The summed E-state index contributed by atoms with van der Waals surface area (Å²) in [5.74, 6) is 0. The smallest absolute Gasteiger partial charge is 0.106 e. The van der Waals surface area contributed by atoms with Gasteiger partial charge in [-0.2, -0.15) is 0 Å². The number of hydrogen-bond acceptors (Lipinski definition) is 2. The van der Waals surface area contributed by atoms with Gasteiger partial charge in [0.2, 0.25) is 0 Å². The average Bonchev–Trinajstić information content (AvgIpc) is 2.30. The van der Waals surface area contributed by atoms with Gasteiger partial charge >= 0.3 is 0 Å². The van der Waals surface area contributed by atoms with Gasteiger partial charge in [-0.1, -0.05) is 36.4 Å². The summed E-state index contributed by atoms with van der Waals surface area (Å²) < 4.78 is 0. The highest BCUT2D eigenvalue weighted by atomic mass is 16.3. The SMILES string of the molecule is O[C@@H](c1ccccc1)c1cccnc1. The molecule has 0 unspecified atom stereocenters. The monoisotopic (exact) mass is 185 g/mol. The molecular weight excluding hydrogens is 174 g/mol. The largest absolute Gasteiger partial charge is 0.384 e. The third-order valence-corrected chi connectivity index (χ3v) is 2.12. The molecule has 0 amide bonds. The zero-order valence-electron chi connectivity index (χ0n) is 7.67. The predicted molar refractivity (Wildman–Crippen MR) is 54.7 cm³/mol. The summed E-state index contributed by atoms with van der Waals surface area (Å²) in [6.45, 7) is 0. The van der Waals surface area contributed by atoms with Crippen molar-refractivity contribution >= 4 is 0 Å². The van der Waals surface area contributed by atoms with E-state index in [1.807, 2.05) is 42.5 Å².